The molecule has 2 aromatic rings. The van der Waals surface area contributed by atoms with Crippen LogP contribution in [0, 0.1) is 12.9 Å². The molecule has 1 N–H and O–H groups in total. The van der Waals surface area contributed by atoms with E-state index in [2.05, 4.69) is 10.3 Å². The zero-order valence-corrected chi connectivity index (χ0v) is 10.8. The van der Waals surface area contributed by atoms with Gasteiger partial charge in [-0.3, -0.25) is 4.79 Å². The standard InChI is InChI=1S/C14H10F4N2O/c1-8-5-6-9(7-10(8)14(16,17)18)19-13(21)11-3-2-4-12(15)20-11/h2-7H,1H3,(H,19,21). The van der Waals surface area contributed by atoms with Crippen molar-refractivity contribution >= 4 is 11.6 Å². The number of hydrogen-bond donors (Lipinski definition) is 1. The van der Waals surface area contributed by atoms with Crippen molar-refractivity contribution in [2.24, 2.45) is 0 Å². The number of pyridine rings is 1. The van der Waals surface area contributed by atoms with Crippen LogP contribution >= 0.6 is 0 Å². The highest BCUT2D eigenvalue weighted by Gasteiger charge is 2.32. The number of nitrogens with one attached hydrogen (secondary N) is 1. The SMILES string of the molecule is Cc1ccc(NC(=O)c2cccc(F)n2)cc1C(F)(F)F. The average Bonchev–Trinajstić information content (AvgIpc) is 2.39. The van der Waals surface area contributed by atoms with Crippen LogP contribution in [-0.4, -0.2) is 10.9 Å². The van der Waals surface area contributed by atoms with Crippen molar-refractivity contribution in [3.63, 3.8) is 0 Å². The smallest absolute Gasteiger partial charge is 0.321 e. The van der Waals surface area contributed by atoms with Crippen LogP contribution in [0.25, 0.3) is 0 Å². The molecule has 0 saturated heterocycles. The highest BCUT2D eigenvalue weighted by molar-refractivity contribution is 6.02. The Balaban J connectivity index is 2.26. The van der Waals surface area contributed by atoms with E-state index in [1.807, 2.05) is 0 Å². The fraction of sp³-hybridized carbons (Fsp3) is 0.143. The number of nitrogens with zero attached hydrogens (tertiary/aromatic N) is 1. The molecule has 7 heteroatoms. The van der Waals surface area contributed by atoms with Crippen molar-refractivity contribution in [3.05, 3.63) is 59.2 Å². The summed E-state index contributed by atoms with van der Waals surface area (Å²) in [5.41, 5.74) is -1.05. The summed E-state index contributed by atoms with van der Waals surface area (Å²) in [6.07, 6.45) is -4.51. The van der Waals surface area contributed by atoms with Crippen molar-refractivity contribution in [1.82, 2.24) is 4.98 Å². The number of amides is 1. The van der Waals surface area contributed by atoms with Crippen LogP contribution in [0.4, 0.5) is 23.2 Å². The molecule has 1 aromatic heterocycles. The Morgan fingerprint density at radius 1 is 1.19 bits per heavy atom. The summed E-state index contributed by atoms with van der Waals surface area (Å²) in [4.78, 5) is 15.1. The zero-order valence-electron chi connectivity index (χ0n) is 10.8. The minimum Gasteiger partial charge on any atom is -0.321 e. The number of alkyl halides is 3. The topological polar surface area (TPSA) is 42.0 Å². The number of benzene rings is 1. The molecular formula is C14H10F4N2O. The van der Waals surface area contributed by atoms with E-state index in [1.54, 1.807) is 0 Å². The van der Waals surface area contributed by atoms with E-state index in [0.717, 1.165) is 12.1 Å². The van der Waals surface area contributed by atoms with Crippen LogP contribution in [0.15, 0.2) is 36.4 Å². The summed E-state index contributed by atoms with van der Waals surface area (Å²) >= 11 is 0. The predicted molar refractivity (Wildman–Crippen MR) is 68.3 cm³/mol. The maximum absolute atomic E-state index is 12.9. The number of rotatable bonds is 2. The van der Waals surface area contributed by atoms with Gasteiger partial charge in [0.25, 0.3) is 5.91 Å². The van der Waals surface area contributed by atoms with Crippen LogP contribution in [0.2, 0.25) is 0 Å². The Labute approximate surface area is 117 Å². The van der Waals surface area contributed by atoms with Gasteiger partial charge in [-0.15, -0.1) is 0 Å². The molecule has 0 unspecified atom stereocenters. The van der Waals surface area contributed by atoms with Gasteiger partial charge >= 0.3 is 6.18 Å². The fourth-order valence-corrected chi connectivity index (χ4v) is 1.74. The highest BCUT2D eigenvalue weighted by atomic mass is 19.4. The number of aryl methyl sites for hydroxylation is 1. The molecule has 21 heavy (non-hydrogen) atoms. The molecule has 0 aliphatic rings. The summed E-state index contributed by atoms with van der Waals surface area (Å²) in [5.74, 6) is -1.63. The van der Waals surface area contributed by atoms with Gasteiger partial charge in [0.2, 0.25) is 5.95 Å². The molecule has 0 aliphatic carbocycles. The second kappa shape index (κ2) is 5.51. The molecule has 2 rings (SSSR count). The van der Waals surface area contributed by atoms with Crippen molar-refractivity contribution in [2.45, 2.75) is 13.1 Å². The summed E-state index contributed by atoms with van der Waals surface area (Å²) in [5, 5.41) is 2.26. The van der Waals surface area contributed by atoms with Gasteiger partial charge in [0.1, 0.15) is 5.69 Å². The lowest BCUT2D eigenvalue weighted by Gasteiger charge is -2.12. The van der Waals surface area contributed by atoms with Crippen molar-refractivity contribution in [3.8, 4) is 0 Å². The molecule has 0 saturated carbocycles. The second-order valence-electron chi connectivity index (χ2n) is 4.33. The first kappa shape index (κ1) is 15.0. The number of carbonyl (C=O) groups is 1. The van der Waals surface area contributed by atoms with Crippen molar-refractivity contribution in [2.75, 3.05) is 5.32 Å². The third-order valence-electron chi connectivity index (χ3n) is 2.75. The number of hydrogen-bond acceptors (Lipinski definition) is 2. The summed E-state index contributed by atoms with van der Waals surface area (Å²) in [6, 6.07) is 7.01. The molecule has 1 heterocycles. The highest BCUT2D eigenvalue weighted by Crippen LogP contribution is 2.33. The van der Waals surface area contributed by atoms with Gasteiger partial charge < -0.3 is 5.32 Å². The van der Waals surface area contributed by atoms with E-state index in [1.165, 1.54) is 31.2 Å². The second-order valence-corrected chi connectivity index (χ2v) is 4.33. The quantitative estimate of drug-likeness (QED) is 0.677. The molecule has 110 valence electrons. The minimum absolute atomic E-state index is 0.0380. The van der Waals surface area contributed by atoms with Crippen LogP contribution in [0.1, 0.15) is 21.6 Å². The van der Waals surface area contributed by atoms with E-state index in [9.17, 15) is 22.4 Å². The number of anilines is 1. The Morgan fingerprint density at radius 3 is 2.52 bits per heavy atom. The largest absolute Gasteiger partial charge is 0.416 e. The van der Waals surface area contributed by atoms with E-state index in [-0.39, 0.29) is 16.9 Å². The van der Waals surface area contributed by atoms with Crippen LogP contribution < -0.4 is 5.32 Å². The van der Waals surface area contributed by atoms with Gasteiger partial charge in [0.15, 0.2) is 0 Å². The molecular weight excluding hydrogens is 288 g/mol. The van der Waals surface area contributed by atoms with E-state index in [0.29, 0.717) is 0 Å². The van der Waals surface area contributed by atoms with E-state index >= 15 is 0 Å². The Kier molecular flexibility index (Phi) is 3.93. The first-order chi connectivity index (χ1) is 9.77. The third-order valence-corrected chi connectivity index (χ3v) is 2.75. The summed E-state index contributed by atoms with van der Waals surface area (Å²) in [6.45, 7) is 1.32. The fourth-order valence-electron chi connectivity index (χ4n) is 1.74. The van der Waals surface area contributed by atoms with Gasteiger partial charge in [0, 0.05) is 5.69 Å². The minimum atomic E-state index is -4.51. The Hall–Kier alpha value is -2.44. The first-order valence-corrected chi connectivity index (χ1v) is 5.89. The molecule has 0 fully saturated rings. The average molecular weight is 298 g/mol. The lowest BCUT2D eigenvalue weighted by molar-refractivity contribution is -0.138. The van der Waals surface area contributed by atoms with E-state index in [4.69, 9.17) is 0 Å². The molecule has 0 bridgehead atoms. The van der Waals surface area contributed by atoms with Gasteiger partial charge in [0.05, 0.1) is 5.56 Å². The van der Waals surface area contributed by atoms with E-state index < -0.39 is 23.6 Å². The molecule has 1 aromatic carbocycles. The number of halogens is 4. The lowest BCUT2D eigenvalue weighted by Crippen LogP contribution is -2.15. The molecule has 1 amide bonds. The lowest BCUT2D eigenvalue weighted by atomic mass is 10.1. The maximum Gasteiger partial charge on any atom is 0.416 e. The van der Waals surface area contributed by atoms with Crippen LogP contribution in [0.5, 0.6) is 0 Å². The van der Waals surface area contributed by atoms with Gasteiger partial charge in [-0.05, 0) is 36.8 Å². The van der Waals surface area contributed by atoms with Crippen LogP contribution in [0.3, 0.4) is 0 Å². The predicted octanol–water partition coefficient (Wildman–Crippen LogP) is 3.80. The molecule has 3 nitrogen and oxygen atoms in total. The van der Waals surface area contributed by atoms with Crippen LogP contribution in [-0.2, 0) is 6.18 Å². The van der Waals surface area contributed by atoms with Gasteiger partial charge in [-0.2, -0.15) is 17.6 Å². The number of carbonyl (C=O) groups excluding carboxylic acids is 1. The normalized spacial score (nSPS) is 11.3. The van der Waals surface area contributed by atoms with Gasteiger partial charge in [-0.1, -0.05) is 12.1 Å². The molecule has 0 radical (unpaired) electrons. The van der Waals surface area contributed by atoms with Gasteiger partial charge in [-0.25, -0.2) is 4.98 Å². The maximum atomic E-state index is 12.9. The first-order valence-electron chi connectivity index (χ1n) is 5.89. The van der Waals surface area contributed by atoms with Crippen molar-refractivity contribution < 1.29 is 22.4 Å². The van der Waals surface area contributed by atoms with Crippen molar-refractivity contribution in [1.29, 1.82) is 0 Å². The summed E-state index contributed by atoms with van der Waals surface area (Å²) in [7, 11) is 0. The Morgan fingerprint density at radius 2 is 1.90 bits per heavy atom. The zero-order chi connectivity index (χ0) is 15.6. The summed E-state index contributed by atoms with van der Waals surface area (Å²) < 4.78 is 51.2. The molecule has 0 atom stereocenters. The monoisotopic (exact) mass is 298 g/mol. The Bertz CT molecular complexity index is 683. The molecule has 0 spiro atoms. The number of aromatic nitrogens is 1. The molecule has 0 aliphatic heterocycles. The third kappa shape index (κ3) is 3.56.